The highest BCUT2D eigenvalue weighted by molar-refractivity contribution is 6.01. The summed E-state index contributed by atoms with van der Waals surface area (Å²) < 4.78 is 7.50. The Hall–Kier alpha value is -6.44. The predicted molar refractivity (Wildman–Crippen MR) is 219 cm³/mol. The molecule has 1 aromatic heterocycles. The minimum atomic E-state index is -0.916. The Bertz CT molecular complexity index is 2340. The molecule has 3 saturated heterocycles. The number of ether oxygens (including phenoxy) is 1. The number of hydrogen-bond donors (Lipinski definition) is 2. The number of carbonyl (C=O) groups excluding carboxylic acids is 4. The van der Waals surface area contributed by atoms with Crippen LogP contribution in [0.4, 0.5) is 4.79 Å². The molecule has 0 saturated carbocycles. The largest absolute Gasteiger partial charge is 0.508 e. The number of morpholine rings is 1. The van der Waals surface area contributed by atoms with E-state index in [0.717, 1.165) is 38.7 Å². The van der Waals surface area contributed by atoms with Crippen molar-refractivity contribution >= 4 is 34.7 Å². The maximum Gasteiger partial charge on any atom is 0.334 e. The van der Waals surface area contributed by atoms with Crippen molar-refractivity contribution < 1.29 is 29.0 Å². The maximum atomic E-state index is 14.8. The molecular weight excluding hydrogens is 735 g/mol. The lowest BCUT2D eigenvalue weighted by atomic mass is 9.97. The van der Waals surface area contributed by atoms with Gasteiger partial charge in [0.15, 0.2) is 0 Å². The summed E-state index contributed by atoms with van der Waals surface area (Å²) in [7, 11) is 1.97. The minimum absolute atomic E-state index is 0.0266. The number of aromatic hydroxyl groups is 1. The third-order valence-electron chi connectivity index (χ3n) is 11.2. The molecule has 3 aliphatic rings. The smallest absolute Gasteiger partial charge is 0.334 e. The van der Waals surface area contributed by atoms with Gasteiger partial charge in [0, 0.05) is 68.9 Å². The fourth-order valence-corrected chi connectivity index (χ4v) is 8.44. The van der Waals surface area contributed by atoms with Gasteiger partial charge < -0.3 is 34.4 Å². The molecular formula is C45H47N7O6. The van der Waals surface area contributed by atoms with Gasteiger partial charge in [0.2, 0.25) is 11.8 Å². The molecule has 0 spiro atoms. The first-order valence-corrected chi connectivity index (χ1v) is 19.6. The van der Waals surface area contributed by atoms with Crippen LogP contribution in [-0.2, 0) is 40.9 Å². The van der Waals surface area contributed by atoms with E-state index in [1.54, 1.807) is 50.2 Å². The first-order valence-electron chi connectivity index (χ1n) is 19.6. The van der Waals surface area contributed by atoms with Crippen LogP contribution in [-0.4, -0.2) is 116 Å². The van der Waals surface area contributed by atoms with Crippen molar-refractivity contribution in [2.45, 2.75) is 31.7 Å². The van der Waals surface area contributed by atoms with Crippen molar-refractivity contribution in [3.63, 3.8) is 0 Å². The van der Waals surface area contributed by atoms with E-state index in [1.807, 2.05) is 95.5 Å². The van der Waals surface area contributed by atoms with Crippen molar-refractivity contribution in [3.05, 3.63) is 138 Å². The number of rotatable bonds is 10. The Morgan fingerprint density at radius 1 is 0.931 bits per heavy atom. The van der Waals surface area contributed by atoms with Crippen LogP contribution in [0.5, 0.6) is 5.75 Å². The average molecular weight is 782 g/mol. The molecule has 298 valence electrons. The van der Waals surface area contributed by atoms with Gasteiger partial charge in [0.05, 0.1) is 31.8 Å². The number of phenols is 1. The number of hydrazine groups is 1. The van der Waals surface area contributed by atoms with Crippen LogP contribution in [0.15, 0.2) is 116 Å². The van der Waals surface area contributed by atoms with Crippen LogP contribution in [0, 0.1) is 0 Å². The topological polar surface area (TPSA) is 131 Å². The average Bonchev–Trinajstić information content (AvgIpc) is 3.59. The van der Waals surface area contributed by atoms with Gasteiger partial charge in [0.1, 0.15) is 18.0 Å². The minimum Gasteiger partial charge on any atom is -0.508 e. The van der Waals surface area contributed by atoms with E-state index < -0.39 is 18.2 Å². The quantitative estimate of drug-likeness (QED) is 0.196. The van der Waals surface area contributed by atoms with Crippen LogP contribution >= 0.6 is 0 Å². The fourth-order valence-electron chi connectivity index (χ4n) is 8.44. The molecule has 58 heavy (non-hydrogen) atoms. The Morgan fingerprint density at radius 3 is 2.45 bits per heavy atom. The zero-order valence-electron chi connectivity index (χ0n) is 32.5. The molecule has 5 aromatic rings. The Morgan fingerprint density at radius 2 is 1.69 bits per heavy atom. The molecule has 0 bridgehead atoms. The second-order valence-electron chi connectivity index (χ2n) is 15.0. The highest BCUT2D eigenvalue weighted by Gasteiger charge is 2.51. The molecule has 0 aliphatic carbocycles. The van der Waals surface area contributed by atoms with Gasteiger partial charge in [-0.2, -0.15) is 0 Å². The summed E-state index contributed by atoms with van der Waals surface area (Å²) in [5.74, 6) is -0.431. The van der Waals surface area contributed by atoms with Crippen molar-refractivity contribution in [1.29, 1.82) is 0 Å². The number of aryl methyl sites for hydroxylation is 1. The number of piperazine rings is 1. The Labute approximate surface area is 337 Å². The van der Waals surface area contributed by atoms with Gasteiger partial charge in [-0.1, -0.05) is 78.9 Å². The number of nitrogens with one attached hydrogen (secondary N) is 1. The summed E-state index contributed by atoms with van der Waals surface area (Å²) in [5.41, 5.74) is 5.98. The fraction of sp³-hybridized carbons (Fsp3) is 0.289. The molecule has 13 nitrogen and oxygen atoms in total. The van der Waals surface area contributed by atoms with E-state index in [-0.39, 0.29) is 62.6 Å². The lowest BCUT2D eigenvalue weighted by Crippen LogP contribution is -2.76. The van der Waals surface area contributed by atoms with Gasteiger partial charge in [-0.15, -0.1) is 6.58 Å². The zero-order chi connectivity index (χ0) is 40.3. The molecule has 2 N–H and O–H groups in total. The molecule has 2 atom stereocenters. The molecule has 3 aliphatic heterocycles. The number of aromatic nitrogens is 1. The number of amides is 5. The van der Waals surface area contributed by atoms with E-state index >= 15 is 0 Å². The summed E-state index contributed by atoms with van der Waals surface area (Å²) >= 11 is 0. The molecule has 13 heteroatoms. The van der Waals surface area contributed by atoms with E-state index in [4.69, 9.17) is 4.74 Å². The van der Waals surface area contributed by atoms with E-state index in [9.17, 15) is 24.3 Å². The number of fused-ring (bicyclic) bond motifs is 2. The maximum absolute atomic E-state index is 14.8. The van der Waals surface area contributed by atoms with E-state index in [1.165, 1.54) is 0 Å². The number of para-hydroxylation sites is 1. The molecule has 3 fully saturated rings. The molecule has 4 heterocycles. The second-order valence-corrected chi connectivity index (χ2v) is 15.0. The third kappa shape index (κ3) is 7.65. The Balaban J connectivity index is 1.14. The summed E-state index contributed by atoms with van der Waals surface area (Å²) in [6.07, 6.45) is 3.08. The van der Waals surface area contributed by atoms with Gasteiger partial charge >= 0.3 is 6.03 Å². The zero-order valence-corrected chi connectivity index (χ0v) is 32.5. The van der Waals surface area contributed by atoms with Crippen LogP contribution in [0.1, 0.15) is 27.0 Å². The SMILES string of the molecule is C=CCN1CC(=O)N2[C@@H](Cc3ccc(O)cc3)C(=O)N(Cc3cccc4c(-c5cccc(C(=O)N6CCOCC6)c5)cn(C)c34)C[C@@H]2N1C(=O)NCc1ccccc1. The van der Waals surface area contributed by atoms with Crippen LogP contribution in [0.2, 0.25) is 0 Å². The van der Waals surface area contributed by atoms with Crippen LogP contribution < -0.4 is 5.32 Å². The number of urea groups is 1. The molecule has 5 amide bonds. The lowest BCUT2D eigenvalue weighted by Gasteiger charge is -2.55. The monoisotopic (exact) mass is 781 g/mol. The molecule has 4 aromatic carbocycles. The Kier molecular flexibility index (Phi) is 11.0. The highest BCUT2D eigenvalue weighted by Crippen LogP contribution is 2.35. The number of hydrogen-bond acceptors (Lipinski definition) is 7. The van der Waals surface area contributed by atoms with Crippen LogP contribution in [0.3, 0.4) is 0 Å². The van der Waals surface area contributed by atoms with E-state index in [2.05, 4.69) is 11.9 Å². The van der Waals surface area contributed by atoms with Crippen molar-refractivity contribution in [2.75, 3.05) is 45.9 Å². The summed E-state index contributed by atoms with van der Waals surface area (Å²) in [6.45, 7) is 6.76. The summed E-state index contributed by atoms with van der Waals surface area (Å²) in [6, 6.07) is 28.6. The van der Waals surface area contributed by atoms with Crippen molar-refractivity contribution in [1.82, 2.24) is 34.6 Å². The van der Waals surface area contributed by atoms with Crippen LogP contribution in [0.25, 0.3) is 22.0 Å². The number of phenolic OH excluding ortho intramolecular Hbond substituents is 1. The molecule has 8 rings (SSSR count). The predicted octanol–water partition coefficient (Wildman–Crippen LogP) is 4.76. The summed E-state index contributed by atoms with van der Waals surface area (Å²) in [5, 5.41) is 17.3. The highest BCUT2D eigenvalue weighted by atomic mass is 16.5. The number of carbonyl (C=O) groups is 4. The first kappa shape index (κ1) is 38.4. The lowest BCUT2D eigenvalue weighted by molar-refractivity contribution is -0.189. The molecule has 0 radical (unpaired) electrons. The molecule has 0 unspecified atom stereocenters. The van der Waals surface area contributed by atoms with Gasteiger partial charge in [-0.05, 0) is 46.5 Å². The van der Waals surface area contributed by atoms with Gasteiger partial charge in [-0.25, -0.2) is 14.8 Å². The normalized spacial score (nSPS) is 18.7. The van der Waals surface area contributed by atoms with Crippen molar-refractivity contribution in [2.24, 2.45) is 7.05 Å². The van der Waals surface area contributed by atoms with E-state index in [0.29, 0.717) is 31.9 Å². The standard InChI is InChI=1S/C45H47N7O6/c1-3-19-50-30-41(54)51-39(24-31-15-17-36(53)18-16-31)44(56)49(29-40(51)52(50)45(57)46-26-32-9-5-4-6-10-32)27-35-13-8-14-37-38(28-47(2)42(35)37)33-11-7-12-34(25-33)43(55)48-20-22-58-23-21-48/h3-18,25,28,39-40,53H,1,19-24,26-27,29-30H2,2H3,(H,46,57)/t39-,40-/m0/s1. The first-order chi connectivity index (χ1) is 28.2. The van der Waals surface area contributed by atoms with Gasteiger partial charge in [0.25, 0.3) is 5.91 Å². The number of nitrogens with zero attached hydrogens (tertiary/aromatic N) is 6. The number of benzene rings is 4. The summed E-state index contributed by atoms with van der Waals surface area (Å²) in [4.78, 5) is 61.6. The second kappa shape index (κ2) is 16.6. The van der Waals surface area contributed by atoms with Crippen molar-refractivity contribution in [3.8, 4) is 16.9 Å². The third-order valence-corrected chi connectivity index (χ3v) is 11.2. The van der Waals surface area contributed by atoms with Gasteiger partial charge in [-0.3, -0.25) is 14.4 Å².